The predicted octanol–water partition coefficient (Wildman–Crippen LogP) is 8.63. The number of anilines is 2. The summed E-state index contributed by atoms with van der Waals surface area (Å²) in [7, 11) is 0. The van der Waals surface area contributed by atoms with Crippen LogP contribution in [-0.4, -0.2) is 23.0 Å². The Morgan fingerprint density at radius 2 is 1.38 bits per heavy atom. The molecule has 3 N–H and O–H groups in total. The lowest BCUT2D eigenvalue weighted by Gasteiger charge is -2.14. The van der Waals surface area contributed by atoms with Crippen LogP contribution < -0.4 is 16.0 Å². The van der Waals surface area contributed by atoms with Gasteiger partial charge >= 0.3 is 0 Å². The van der Waals surface area contributed by atoms with Crippen molar-refractivity contribution < 1.29 is 18.8 Å². The molecule has 1 heterocycles. The Kier molecular flexibility index (Phi) is 9.60. The van der Waals surface area contributed by atoms with Gasteiger partial charge in [-0.3, -0.25) is 14.4 Å². The van der Waals surface area contributed by atoms with Crippen LogP contribution in [0.5, 0.6) is 0 Å². The van der Waals surface area contributed by atoms with Crippen LogP contribution in [-0.2, 0) is 9.59 Å². The molecule has 0 spiro atoms. The van der Waals surface area contributed by atoms with E-state index in [1.165, 1.54) is 17.8 Å². The van der Waals surface area contributed by atoms with E-state index in [0.29, 0.717) is 22.8 Å². The van der Waals surface area contributed by atoms with Gasteiger partial charge in [-0.15, -0.1) is 11.8 Å². The largest absolute Gasteiger partial charge is 0.457 e. The first-order chi connectivity index (χ1) is 22.9. The number of furan rings is 1. The minimum Gasteiger partial charge on any atom is -0.457 e. The molecule has 8 heteroatoms. The molecule has 0 saturated carbocycles. The van der Waals surface area contributed by atoms with Crippen LogP contribution in [0.25, 0.3) is 28.2 Å². The lowest BCUT2D eigenvalue weighted by Crippen LogP contribution is -2.30. The Hall–Kier alpha value is -5.86. The quantitative estimate of drug-likeness (QED) is 0.103. The van der Waals surface area contributed by atoms with Gasteiger partial charge in [0.05, 0.1) is 5.25 Å². The molecule has 7 nitrogen and oxygen atoms in total. The normalized spacial score (nSPS) is 11.9. The molecule has 3 amide bonds. The molecular weight excluding hydrogens is 607 g/mol. The molecule has 1 unspecified atom stereocenters. The van der Waals surface area contributed by atoms with E-state index in [0.717, 1.165) is 26.9 Å². The average molecular weight is 638 g/mol. The summed E-state index contributed by atoms with van der Waals surface area (Å²) >= 11 is 1.41. The van der Waals surface area contributed by atoms with Gasteiger partial charge in [-0.1, -0.05) is 84.9 Å². The van der Waals surface area contributed by atoms with Gasteiger partial charge < -0.3 is 20.4 Å². The van der Waals surface area contributed by atoms with Crippen molar-refractivity contribution in [1.29, 1.82) is 0 Å². The fraction of sp³-hybridized carbons (Fsp3) is 0.0513. The Balaban J connectivity index is 1.14. The number of rotatable bonds is 10. The maximum Gasteiger partial charge on any atom is 0.272 e. The number of benzene rings is 5. The second-order valence-corrected chi connectivity index (χ2v) is 12.1. The summed E-state index contributed by atoms with van der Waals surface area (Å²) in [6.45, 7) is 1.85. The maximum atomic E-state index is 13.5. The first-order valence-corrected chi connectivity index (χ1v) is 15.9. The highest BCUT2D eigenvalue weighted by Gasteiger charge is 2.18. The van der Waals surface area contributed by atoms with Crippen molar-refractivity contribution in [3.63, 3.8) is 0 Å². The van der Waals surface area contributed by atoms with Crippen molar-refractivity contribution in [1.82, 2.24) is 5.32 Å². The summed E-state index contributed by atoms with van der Waals surface area (Å²) in [6.07, 6.45) is 1.50. The number of carbonyl (C=O) groups excluding carboxylic acids is 3. The number of hydrogen-bond donors (Lipinski definition) is 3. The fourth-order valence-corrected chi connectivity index (χ4v) is 5.78. The fourth-order valence-electron chi connectivity index (χ4n) is 4.91. The third-order valence-electron chi connectivity index (χ3n) is 7.34. The topological polar surface area (TPSA) is 100 Å². The number of carbonyl (C=O) groups is 3. The number of fused-ring (bicyclic) bond motifs is 1. The zero-order valence-electron chi connectivity index (χ0n) is 25.5. The Morgan fingerprint density at radius 1 is 0.702 bits per heavy atom. The molecule has 0 aliphatic carbocycles. The smallest absolute Gasteiger partial charge is 0.272 e. The number of thioether (sulfide) groups is 1. The van der Waals surface area contributed by atoms with Crippen LogP contribution >= 0.6 is 11.8 Å². The molecule has 0 aliphatic heterocycles. The average Bonchev–Trinajstić information content (AvgIpc) is 3.58. The van der Waals surface area contributed by atoms with Crippen molar-refractivity contribution in [2.75, 3.05) is 10.6 Å². The molecule has 0 aliphatic rings. The van der Waals surface area contributed by atoms with Gasteiger partial charge in [-0.2, -0.15) is 0 Å². The standard InChI is InChI=1S/C39H31N3O4S/c1-26(37(43)41-34-18-10-16-27-11-8-9-17-33(27)34)47-32-22-19-30(20-23-32)40-39(45)35(42-38(44)29-14-6-3-7-15-29)25-31-21-24-36(46-31)28-12-4-2-5-13-28/h2-26H,1H3,(H,40,45)(H,41,43)(H,42,44)/b35-25+. The van der Waals surface area contributed by atoms with Gasteiger partial charge in [0.15, 0.2) is 0 Å². The van der Waals surface area contributed by atoms with Crippen molar-refractivity contribution in [2.24, 2.45) is 0 Å². The number of hydrogen-bond acceptors (Lipinski definition) is 5. The zero-order valence-corrected chi connectivity index (χ0v) is 26.3. The molecule has 47 heavy (non-hydrogen) atoms. The molecule has 6 rings (SSSR count). The summed E-state index contributed by atoms with van der Waals surface area (Å²) < 4.78 is 5.98. The summed E-state index contributed by atoms with van der Waals surface area (Å²) in [5.41, 5.74) is 2.62. The molecule has 5 aromatic carbocycles. The minimum atomic E-state index is -0.518. The third kappa shape index (κ3) is 7.87. The second-order valence-electron chi connectivity index (χ2n) is 10.7. The van der Waals surface area contributed by atoms with Crippen molar-refractivity contribution in [2.45, 2.75) is 17.1 Å². The maximum absolute atomic E-state index is 13.5. The molecule has 1 aromatic heterocycles. The molecule has 232 valence electrons. The monoisotopic (exact) mass is 637 g/mol. The van der Waals surface area contributed by atoms with Crippen LogP contribution in [0.2, 0.25) is 0 Å². The number of amides is 3. The van der Waals surface area contributed by atoms with Gasteiger partial charge in [0.1, 0.15) is 17.2 Å². The molecule has 0 fully saturated rings. The van der Waals surface area contributed by atoms with E-state index in [9.17, 15) is 14.4 Å². The lowest BCUT2D eigenvalue weighted by molar-refractivity contribution is -0.115. The van der Waals surface area contributed by atoms with Crippen LogP contribution in [0.3, 0.4) is 0 Å². The van der Waals surface area contributed by atoms with E-state index in [2.05, 4.69) is 16.0 Å². The summed E-state index contributed by atoms with van der Waals surface area (Å²) in [5.74, 6) is -0.00969. The van der Waals surface area contributed by atoms with Gasteiger partial charge in [0.25, 0.3) is 11.8 Å². The highest BCUT2D eigenvalue weighted by atomic mass is 32.2. The van der Waals surface area contributed by atoms with Crippen LogP contribution in [0.1, 0.15) is 23.0 Å². The highest BCUT2D eigenvalue weighted by molar-refractivity contribution is 8.00. The van der Waals surface area contributed by atoms with Crippen molar-refractivity contribution in [3.8, 4) is 11.3 Å². The van der Waals surface area contributed by atoms with Gasteiger partial charge in [-0.25, -0.2) is 0 Å². The second kappa shape index (κ2) is 14.5. The summed E-state index contributed by atoms with van der Waals surface area (Å²) in [5, 5.41) is 10.3. The van der Waals surface area contributed by atoms with Gasteiger partial charge in [0.2, 0.25) is 5.91 Å². The summed E-state index contributed by atoms with van der Waals surface area (Å²) in [6, 6.07) is 42.8. The molecule has 0 radical (unpaired) electrons. The van der Waals surface area contributed by atoms with Gasteiger partial charge in [0, 0.05) is 38.9 Å². The van der Waals surface area contributed by atoms with Crippen LogP contribution in [0, 0.1) is 0 Å². The third-order valence-corrected chi connectivity index (χ3v) is 8.45. The van der Waals surface area contributed by atoms with Crippen LogP contribution in [0.4, 0.5) is 11.4 Å². The van der Waals surface area contributed by atoms with E-state index < -0.39 is 11.8 Å². The Labute approximate surface area is 276 Å². The minimum absolute atomic E-state index is 0.0185. The summed E-state index contributed by atoms with van der Waals surface area (Å²) in [4.78, 5) is 40.4. The van der Waals surface area contributed by atoms with Gasteiger partial charge in [-0.05, 0) is 66.9 Å². The molecule has 1 atom stereocenters. The number of nitrogens with one attached hydrogen (secondary N) is 3. The van der Waals surface area contributed by atoms with E-state index in [4.69, 9.17) is 4.42 Å². The zero-order chi connectivity index (χ0) is 32.6. The first kappa shape index (κ1) is 31.1. The predicted molar refractivity (Wildman–Crippen MR) is 189 cm³/mol. The van der Waals surface area contributed by atoms with E-state index in [1.807, 2.05) is 104 Å². The Morgan fingerprint density at radius 3 is 2.15 bits per heavy atom. The molecule has 6 aromatic rings. The van der Waals surface area contributed by atoms with Crippen molar-refractivity contribution in [3.05, 3.63) is 157 Å². The van der Waals surface area contributed by atoms with E-state index in [-0.39, 0.29) is 16.9 Å². The highest BCUT2D eigenvalue weighted by Crippen LogP contribution is 2.28. The molecule has 0 saturated heterocycles. The first-order valence-electron chi connectivity index (χ1n) is 15.0. The Bertz CT molecular complexity index is 2050. The molecule has 0 bridgehead atoms. The lowest BCUT2D eigenvalue weighted by atomic mass is 10.1. The van der Waals surface area contributed by atoms with E-state index >= 15 is 0 Å². The SMILES string of the molecule is CC(Sc1ccc(NC(=O)/C(=C\c2ccc(-c3ccccc3)o2)NC(=O)c2ccccc2)cc1)C(=O)Nc1cccc2ccccc12. The van der Waals surface area contributed by atoms with Crippen LogP contribution in [0.15, 0.2) is 155 Å². The molecular formula is C39H31N3O4S. The van der Waals surface area contributed by atoms with E-state index in [1.54, 1.807) is 42.5 Å². The van der Waals surface area contributed by atoms with Crippen molar-refractivity contribution >= 4 is 57.7 Å².